The van der Waals surface area contributed by atoms with E-state index in [0.717, 1.165) is 23.1 Å². The van der Waals surface area contributed by atoms with E-state index >= 15 is 0 Å². The third-order valence-corrected chi connectivity index (χ3v) is 3.08. The quantitative estimate of drug-likeness (QED) is 0.517. The Morgan fingerprint density at radius 3 is 2.05 bits per heavy atom. The highest BCUT2D eigenvalue weighted by Gasteiger charge is 2.04. The number of hydrogen-bond acceptors (Lipinski definition) is 7. The second kappa shape index (κ2) is 8.28. The van der Waals surface area contributed by atoms with Crippen molar-refractivity contribution in [2.45, 2.75) is 13.8 Å². The van der Waals surface area contributed by atoms with Gasteiger partial charge in [0.25, 0.3) is 0 Å². The van der Waals surface area contributed by atoms with E-state index in [2.05, 4.69) is 52.0 Å². The van der Waals surface area contributed by atoms with E-state index in [-0.39, 0.29) is 0 Å². The minimum Gasteiger partial charge on any atom is -0.354 e. The average Bonchev–Trinajstić information content (AvgIpc) is 2.50. The molecule has 0 atom stereocenters. The Morgan fingerprint density at radius 2 is 1.50 bits per heavy atom. The van der Waals surface area contributed by atoms with Gasteiger partial charge in [-0.25, -0.2) is 5.43 Å². The Hall–Kier alpha value is -2.22. The fourth-order valence-electron chi connectivity index (χ4n) is 1.61. The van der Waals surface area contributed by atoms with Gasteiger partial charge in [-0.3, -0.25) is 0 Å². The standard InChI is InChI=1S/C14H18BrN7/c1-3-16-12-19-13(17-4-2)21-14(20-12)22-18-9-10-5-7-11(15)8-6-10/h5-9H,3-4H2,1-2H3,(H3,16,17,19,20,21,22)/b18-9+. The van der Waals surface area contributed by atoms with E-state index in [9.17, 15) is 0 Å². The van der Waals surface area contributed by atoms with Crippen LogP contribution in [0.2, 0.25) is 0 Å². The van der Waals surface area contributed by atoms with Gasteiger partial charge in [-0.15, -0.1) is 0 Å². The van der Waals surface area contributed by atoms with Crippen LogP contribution in [0.3, 0.4) is 0 Å². The van der Waals surface area contributed by atoms with Gasteiger partial charge in [-0.05, 0) is 31.5 Å². The molecule has 0 saturated heterocycles. The second-order valence-corrected chi connectivity index (χ2v) is 5.20. The average molecular weight is 364 g/mol. The summed E-state index contributed by atoms with van der Waals surface area (Å²) in [7, 11) is 0. The van der Waals surface area contributed by atoms with Crippen molar-refractivity contribution >= 4 is 40.0 Å². The van der Waals surface area contributed by atoms with Crippen LogP contribution in [0.15, 0.2) is 33.8 Å². The van der Waals surface area contributed by atoms with E-state index in [4.69, 9.17) is 0 Å². The van der Waals surface area contributed by atoms with Gasteiger partial charge >= 0.3 is 0 Å². The zero-order chi connectivity index (χ0) is 15.8. The fraction of sp³-hybridized carbons (Fsp3) is 0.286. The molecule has 0 fully saturated rings. The van der Waals surface area contributed by atoms with Crippen molar-refractivity contribution in [3.63, 3.8) is 0 Å². The van der Waals surface area contributed by atoms with Crippen molar-refractivity contribution in [2.24, 2.45) is 5.10 Å². The van der Waals surface area contributed by atoms with E-state index in [1.165, 1.54) is 0 Å². The predicted molar refractivity (Wildman–Crippen MR) is 93.5 cm³/mol. The van der Waals surface area contributed by atoms with Crippen molar-refractivity contribution in [1.82, 2.24) is 15.0 Å². The van der Waals surface area contributed by atoms with Crippen LogP contribution in [0, 0.1) is 0 Å². The molecule has 2 rings (SSSR count). The van der Waals surface area contributed by atoms with Crippen LogP contribution >= 0.6 is 15.9 Å². The molecule has 2 aromatic rings. The number of nitrogens with zero attached hydrogens (tertiary/aromatic N) is 4. The maximum Gasteiger partial charge on any atom is 0.250 e. The Bertz CT molecular complexity index is 603. The Morgan fingerprint density at radius 1 is 0.955 bits per heavy atom. The van der Waals surface area contributed by atoms with Crippen LogP contribution in [-0.2, 0) is 0 Å². The molecule has 1 aromatic heterocycles. The van der Waals surface area contributed by atoms with Crippen LogP contribution in [-0.4, -0.2) is 34.3 Å². The number of hydrogen-bond donors (Lipinski definition) is 3. The summed E-state index contributed by atoms with van der Waals surface area (Å²) in [5, 5.41) is 10.3. The van der Waals surface area contributed by atoms with Crippen LogP contribution in [0.1, 0.15) is 19.4 Å². The number of nitrogens with one attached hydrogen (secondary N) is 3. The summed E-state index contributed by atoms with van der Waals surface area (Å²) in [5.41, 5.74) is 3.80. The molecular formula is C14H18BrN7. The molecule has 0 aliphatic rings. The molecule has 0 saturated carbocycles. The molecule has 0 aliphatic carbocycles. The number of aromatic nitrogens is 3. The Balaban J connectivity index is 2.08. The number of anilines is 3. The summed E-state index contributed by atoms with van der Waals surface area (Å²) < 4.78 is 1.03. The first kappa shape index (κ1) is 16.2. The molecule has 3 N–H and O–H groups in total. The lowest BCUT2D eigenvalue weighted by atomic mass is 10.2. The fourth-order valence-corrected chi connectivity index (χ4v) is 1.88. The second-order valence-electron chi connectivity index (χ2n) is 4.29. The highest BCUT2D eigenvalue weighted by Crippen LogP contribution is 2.10. The van der Waals surface area contributed by atoms with Crippen molar-refractivity contribution < 1.29 is 0 Å². The zero-order valence-electron chi connectivity index (χ0n) is 12.5. The largest absolute Gasteiger partial charge is 0.354 e. The first-order chi connectivity index (χ1) is 10.7. The first-order valence-electron chi connectivity index (χ1n) is 6.99. The molecule has 1 aromatic carbocycles. The molecule has 0 aliphatic heterocycles. The van der Waals surface area contributed by atoms with Gasteiger partial charge in [0.05, 0.1) is 6.21 Å². The van der Waals surface area contributed by atoms with Crippen LogP contribution in [0.4, 0.5) is 17.8 Å². The number of hydrazone groups is 1. The van der Waals surface area contributed by atoms with Gasteiger partial charge in [-0.2, -0.15) is 20.1 Å². The summed E-state index contributed by atoms with van der Waals surface area (Å²) in [6.45, 7) is 5.43. The van der Waals surface area contributed by atoms with Gasteiger partial charge in [0.2, 0.25) is 17.8 Å². The SMILES string of the molecule is CCNc1nc(NCC)nc(N/N=C/c2ccc(Br)cc2)n1. The highest BCUT2D eigenvalue weighted by atomic mass is 79.9. The topological polar surface area (TPSA) is 87.1 Å². The molecule has 22 heavy (non-hydrogen) atoms. The molecule has 0 bridgehead atoms. The van der Waals surface area contributed by atoms with Crippen LogP contribution in [0.5, 0.6) is 0 Å². The number of rotatable bonds is 7. The third-order valence-electron chi connectivity index (χ3n) is 2.55. The maximum absolute atomic E-state index is 4.25. The normalized spacial score (nSPS) is 10.7. The van der Waals surface area contributed by atoms with Crippen molar-refractivity contribution in [3.05, 3.63) is 34.3 Å². The molecule has 0 radical (unpaired) electrons. The van der Waals surface area contributed by atoms with Crippen LogP contribution in [0.25, 0.3) is 0 Å². The van der Waals surface area contributed by atoms with E-state index in [1.54, 1.807) is 6.21 Å². The van der Waals surface area contributed by atoms with E-state index < -0.39 is 0 Å². The summed E-state index contributed by atoms with van der Waals surface area (Å²) in [5.74, 6) is 1.40. The molecule has 1 heterocycles. The maximum atomic E-state index is 4.25. The summed E-state index contributed by atoms with van der Waals surface area (Å²) >= 11 is 3.39. The van der Waals surface area contributed by atoms with Crippen molar-refractivity contribution in [3.8, 4) is 0 Å². The molecule has 8 heteroatoms. The minimum absolute atomic E-state index is 0.385. The molecule has 7 nitrogen and oxygen atoms in total. The van der Waals surface area contributed by atoms with E-state index in [0.29, 0.717) is 17.8 Å². The summed E-state index contributed by atoms with van der Waals surface area (Å²) in [6, 6.07) is 7.82. The number of benzene rings is 1. The van der Waals surface area contributed by atoms with Gasteiger partial charge in [0, 0.05) is 17.6 Å². The van der Waals surface area contributed by atoms with Crippen molar-refractivity contribution in [1.29, 1.82) is 0 Å². The summed E-state index contributed by atoms with van der Waals surface area (Å²) in [6.07, 6.45) is 1.70. The van der Waals surface area contributed by atoms with Gasteiger partial charge in [-0.1, -0.05) is 28.1 Å². The molecule has 116 valence electrons. The van der Waals surface area contributed by atoms with Crippen LogP contribution < -0.4 is 16.1 Å². The molecule has 0 unspecified atom stereocenters. The molecular weight excluding hydrogens is 346 g/mol. The van der Waals surface area contributed by atoms with Gasteiger partial charge in [0.15, 0.2) is 0 Å². The van der Waals surface area contributed by atoms with Crippen molar-refractivity contribution in [2.75, 3.05) is 29.1 Å². The zero-order valence-corrected chi connectivity index (χ0v) is 14.1. The number of halogens is 1. The lowest BCUT2D eigenvalue weighted by molar-refractivity contribution is 0.992. The minimum atomic E-state index is 0.385. The molecule has 0 spiro atoms. The van der Waals surface area contributed by atoms with Gasteiger partial charge < -0.3 is 10.6 Å². The highest BCUT2D eigenvalue weighted by molar-refractivity contribution is 9.10. The lowest BCUT2D eigenvalue weighted by Crippen LogP contribution is -2.10. The smallest absolute Gasteiger partial charge is 0.250 e. The lowest BCUT2D eigenvalue weighted by Gasteiger charge is -2.07. The molecule has 0 amide bonds. The Labute approximate surface area is 137 Å². The Kier molecular flexibility index (Phi) is 6.08. The first-order valence-corrected chi connectivity index (χ1v) is 7.79. The monoisotopic (exact) mass is 363 g/mol. The summed E-state index contributed by atoms with van der Waals surface area (Å²) in [4.78, 5) is 12.7. The predicted octanol–water partition coefficient (Wildman–Crippen LogP) is 2.94. The van der Waals surface area contributed by atoms with E-state index in [1.807, 2.05) is 38.1 Å². The van der Waals surface area contributed by atoms with Gasteiger partial charge in [0.1, 0.15) is 0 Å². The third kappa shape index (κ3) is 4.96.